The van der Waals surface area contributed by atoms with Crippen molar-refractivity contribution in [3.05, 3.63) is 46.5 Å². The molecule has 0 unspecified atom stereocenters. The molecule has 7 nitrogen and oxygen atoms in total. The van der Waals surface area contributed by atoms with Gasteiger partial charge < -0.3 is 18.6 Å². The number of hydrogen-bond donors (Lipinski definition) is 0. The summed E-state index contributed by atoms with van der Waals surface area (Å²) in [5.41, 5.74) is -0.481. The number of aryl methyl sites for hydroxylation is 1. The average molecular weight is 314 g/mol. The number of ether oxygens (including phenoxy) is 3. The van der Waals surface area contributed by atoms with Crippen molar-refractivity contribution in [3.8, 4) is 23.5 Å². The van der Waals surface area contributed by atoms with Gasteiger partial charge in [0, 0.05) is 0 Å². The van der Waals surface area contributed by atoms with E-state index in [9.17, 15) is 4.79 Å². The summed E-state index contributed by atoms with van der Waals surface area (Å²) in [4.78, 5) is 20.3. The van der Waals surface area contributed by atoms with Crippen molar-refractivity contribution in [1.29, 1.82) is 0 Å². The van der Waals surface area contributed by atoms with Crippen LogP contribution in [-0.4, -0.2) is 24.2 Å². The van der Waals surface area contributed by atoms with Crippen LogP contribution in [0, 0.1) is 6.92 Å². The van der Waals surface area contributed by atoms with E-state index in [1.165, 1.54) is 20.3 Å². The second kappa shape index (κ2) is 5.96. The highest BCUT2D eigenvalue weighted by molar-refractivity contribution is 5.87. The SMILES string of the molecule is COc1cc(OC)nc(Oc2cccc3cc(C)oc(=O)c23)n1. The van der Waals surface area contributed by atoms with Crippen LogP contribution in [0.15, 0.2) is 39.5 Å². The fourth-order valence-corrected chi connectivity index (χ4v) is 2.15. The Hall–Kier alpha value is -3.09. The van der Waals surface area contributed by atoms with E-state index < -0.39 is 5.63 Å². The van der Waals surface area contributed by atoms with Gasteiger partial charge in [0.25, 0.3) is 0 Å². The van der Waals surface area contributed by atoms with Crippen molar-refractivity contribution < 1.29 is 18.6 Å². The Morgan fingerprint density at radius 2 is 1.74 bits per heavy atom. The van der Waals surface area contributed by atoms with Crippen molar-refractivity contribution in [1.82, 2.24) is 9.97 Å². The quantitative estimate of drug-likeness (QED) is 0.732. The van der Waals surface area contributed by atoms with Crippen molar-refractivity contribution in [3.63, 3.8) is 0 Å². The lowest BCUT2D eigenvalue weighted by molar-refractivity contribution is 0.348. The second-order valence-corrected chi connectivity index (χ2v) is 4.70. The Morgan fingerprint density at radius 1 is 1.04 bits per heavy atom. The van der Waals surface area contributed by atoms with E-state index in [1.807, 2.05) is 0 Å². The van der Waals surface area contributed by atoms with E-state index in [0.29, 0.717) is 22.3 Å². The monoisotopic (exact) mass is 314 g/mol. The number of methoxy groups -OCH3 is 2. The predicted molar refractivity (Wildman–Crippen MR) is 82.4 cm³/mol. The van der Waals surface area contributed by atoms with Crippen LogP contribution in [0.1, 0.15) is 5.76 Å². The van der Waals surface area contributed by atoms with Crippen molar-refractivity contribution in [2.24, 2.45) is 0 Å². The Morgan fingerprint density at radius 3 is 2.39 bits per heavy atom. The van der Waals surface area contributed by atoms with Gasteiger partial charge in [-0.1, -0.05) is 12.1 Å². The lowest BCUT2D eigenvalue weighted by atomic mass is 10.1. The van der Waals surface area contributed by atoms with Gasteiger partial charge in [0.2, 0.25) is 11.8 Å². The van der Waals surface area contributed by atoms with Gasteiger partial charge in [0.15, 0.2) is 0 Å². The summed E-state index contributed by atoms with van der Waals surface area (Å²) < 4.78 is 20.9. The zero-order valence-corrected chi connectivity index (χ0v) is 12.8. The molecule has 0 aliphatic rings. The van der Waals surface area contributed by atoms with Gasteiger partial charge in [-0.2, -0.15) is 9.97 Å². The van der Waals surface area contributed by atoms with Crippen LogP contribution in [0.25, 0.3) is 10.8 Å². The van der Waals surface area contributed by atoms with Crippen LogP contribution >= 0.6 is 0 Å². The highest BCUT2D eigenvalue weighted by atomic mass is 16.5. The fourth-order valence-electron chi connectivity index (χ4n) is 2.15. The Balaban J connectivity index is 2.10. The van der Waals surface area contributed by atoms with E-state index >= 15 is 0 Å². The van der Waals surface area contributed by atoms with E-state index in [0.717, 1.165) is 0 Å². The lowest BCUT2D eigenvalue weighted by Crippen LogP contribution is -2.04. The first-order valence-corrected chi connectivity index (χ1v) is 6.79. The summed E-state index contributed by atoms with van der Waals surface area (Å²) in [6.07, 6.45) is 0. The van der Waals surface area contributed by atoms with Crippen LogP contribution in [-0.2, 0) is 0 Å². The van der Waals surface area contributed by atoms with Gasteiger partial charge in [-0.05, 0) is 24.4 Å². The van der Waals surface area contributed by atoms with Crippen molar-refractivity contribution in [2.75, 3.05) is 14.2 Å². The van der Waals surface area contributed by atoms with Gasteiger partial charge in [-0.25, -0.2) is 4.79 Å². The van der Waals surface area contributed by atoms with Gasteiger partial charge >= 0.3 is 11.6 Å². The first kappa shape index (κ1) is 14.8. The molecule has 0 amide bonds. The summed E-state index contributed by atoms with van der Waals surface area (Å²) in [6.45, 7) is 1.71. The summed E-state index contributed by atoms with van der Waals surface area (Å²) in [5.74, 6) is 1.40. The Kier molecular flexibility index (Phi) is 3.84. The van der Waals surface area contributed by atoms with Crippen molar-refractivity contribution in [2.45, 2.75) is 6.92 Å². The zero-order valence-electron chi connectivity index (χ0n) is 12.8. The third kappa shape index (κ3) is 2.94. The van der Waals surface area contributed by atoms with E-state index in [-0.39, 0.29) is 17.8 Å². The fraction of sp³-hybridized carbons (Fsp3) is 0.188. The molecule has 2 heterocycles. The topological polar surface area (TPSA) is 83.7 Å². The summed E-state index contributed by atoms with van der Waals surface area (Å²) in [7, 11) is 2.95. The number of aromatic nitrogens is 2. The molecule has 3 aromatic rings. The molecule has 0 radical (unpaired) electrons. The van der Waals surface area contributed by atoms with Gasteiger partial charge in [-0.15, -0.1) is 0 Å². The largest absolute Gasteiger partial charge is 0.481 e. The molecule has 0 saturated carbocycles. The smallest absolute Gasteiger partial charge is 0.347 e. The highest BCUT2D eigenvalue weighted by Gasteiger charge is 2.13. The Labute approximate surface area is 131 Å². The van der Waals surface area contributed by atoms with Crippen LogP contribution in [0.2, 0.25) is 0 Å². The molecule has 0 fully saturated rings. The van der Waals surface area contributed by atoms with Gasteiger partial charge in [0.1, 0.15) is 16.9 Å². The minimum absolute atomic E-state index is 0.00803. The summed E-state index contributed by atoms with van der Waals surface area (Å²) >= 11 is 0. The molecule has 0 aliphatic heterocycles. The minimum atomic E-state index is -0.481. The number of benzene rings is 1. The molecule has 0 saturated heterocycles. The number of fused-ring (bicyclic) bond motifs is 1. The predicted octanol–water partition coefficient (Wildman–Crippen LogP) is 2.70. The van der Waals surface area contributed by atoms with Crippen LogP contribution in [0.4, 0.5) is 0 Å². The van der Waals surface area contributed by atoms with E-state index in [2.05, 4.69) is 9.97 Å². The molecule has 3 rings (SSSR count). The average Bonchev–Trinajstić information content (AvgIpc) is 2.54. The molecule has 1 aromatic carbocycles. The standard InChI is InChI=1S/C16H14N2O5/c1-9-7-10-5-4-6-11(14(10)15(19)22-9)23-16-17-12(20-2)8-13(18-16)21-3/h4-8H,1-3H3. The molecule has 0 aliphatic carbocycles. The molecule has 0 atom stereocenters. The molecule has 0 N–H and O–H groups in total. The van der Waals surface area contributed by atoms with Gasteiger partial charge in [-0.3, -0.25) is 0 Å². The van der Waals surface area contributed by atoms with E-state index in [1.54, 1.807) is 31.2 Å². The molecular weight excluding hydrogens is 300 g/mol. The lowest BCUT2D eigenvalue weighted by Gasteiger charge is -2.09. The molecule has 0 spiro atoms. The van der Waals surface area contributed by atoms with Crippen LogP contribution in [0.5, 0.6) is 23.5 Å². The van der Waals surface area contributed by atoms with Crippen LogP contribution < -0.4 is 19.8 Å². The number of hydrogen-bond acceptors (Lipinski definition) is 7. The second-order valence-electron chi connectivity index (χ2n) is 4.70. The maximum Gasteiger partial charge on any atom is 0.347 e. The van der Waals surface area contributed by atoms with Crippen molar-refractivity contribution >= 4 is 10.8 Å². The molecular formula is C16H14N2O5. The summed E-state index contributed by atoms with van der Waals surface area (Å²) in [5, 5.41) is 1.04. The molecule has 118 valence electrons. The normalized spacial score (nSPS) is 10.6. The van der Waals surface area contributed by atoms with Gasteiger partial charge in [0.05, 0.1) is 20.3 Å². The minimum Gasteiger partial charge on any atom is -0.481 e. The van der Waals surface area contributed by atoms with E-state index in [4.69, 9.17) is 18.6 Å². The highest BCUT2D eigenvalue weighted by Crippen LogP contribution is 2.28. The Bertz CT molecular complexity index is 898. The number of nitrogens with zero attached hydrogens (tertiary/aromatic N) is 2. The third-order valence-electron chi connectivity index (χ3n) is 3.15. The van der Waals surface area contributed by atoms with Crippen LogP contribution in [0.3, 0.4) is 0 Å². The summed E-state index contributed by atoms with van der Waals surface area (Å²) in [6, 6.07) is 8.51. The first-order valence-electron chi connectivity index (χ1n) is 6.79. The zero-order chi connectivity index (χ0) is 16.4. The molecule has 2 aromatic heterocycles. The third-order valence-corrected chi connectivity index (χ3v) is 3.15. The molecule has 7 heteroatoms. The first-order chi connectivity index (χ1) is 11.1. The number of rotatable bonds is 4. The molecule has 0 bridgehead atoms. The maximum atomic E-state index is 12.1. The maximum absolute atomic E-state index is 12.1. The molecule has 23 heavy (non-hydrogen) atoms.